The molecule has 0 radical (unpaired) electrons. The van der Waals surface area contributed by atoms with Crippen molar-refractivity contribution in [1.29, 1.82) is 0 Å². The van der Waals surface area contributed by atoms with Crippen LogP contribution in [0.4, 0.5) is 5.69 Å². The lowest BCUT2D eigenvalue weighted by Gasteiger charge is -2.07. The molecule has 1 amide bonds. The van der Waals surface area contributed by atoms with Gasteiger partial charge >= 0.3 is 0 Å². The van der Waals surface area contributed by atoms with Crippen LogP contribution in [0.15, 0.2) is 29.0 Å². The van der Waals surface area contributed by atoms with Gasteiger partial charge in [-0.3, -0.25) is 9.89 Å². The van der Waals surface area contributed by atoms with Crippen molar-refractivity contribution in [3.63, 3.8) is 0 Å². The van der Waals surface area contributed by atoms with E-state index in [0.29, 0.717) is 17.8 Å². The lowest BCUT2D eigenvalue weighted by atomic mass is 10.2. The summed E-state index contributed by atoms with van der Waals surface area (Å²) >= 11 is 3.33. The van der Waals surface area contributed by atoms with Crippen LogP contribution in [-0.4, -0.2) is 27.6 Å². The van der Waals surface area contributed by atoms with Gasteiger partial charge in [0.15, 0.2) is 0 Å². The fourth-order valence-corrected chi connectivity index (χ4v) is 2.05. The Bertz CT molecular complexity index is 555. The Morgan fingerprint density at radius 1 is 1.47 bits per heavy atom. The molecule has 19 heavy (non-hydrogen) atoms. The highest BCUT2D eigenvalue weighted by molar-refractivity contribution is 9.10. The zero-order valence-electron chi connectivity index (χ0n) is 10.2. The normalized spacial score (nSPS) is 10.4. The van der Waals surface area contributed by atoms with Gasteiger partial charge in [-0.1, -0.05) is 0 Å². The predicted octanol–water partition coefficient (Wildman–Crippen LogP) is 1.51. The number of hydrogen-bond acceptors (Lipinski definition) is 4. The van der Waals surface area contributed by atoms with Gasteiger partial charge in [0.25, 0.3) is 5.91 Å². The number of amides is 1. The number of H-pyrrole nitrogens is 1. The Labute approximate surface area is 118 Å². The average molecular weight is 324 g/mol. The molecule has 6 nitrogen and oxygen atoms in total. The lowest BCUT2D eigenvalue weighted by Crippen LogP contribution is -2.25. The predicted molar refractivity (Wildman–Crippen MR) is 75.6 cm³/mol. The second-order valence-electron chi connectivity index (χ2n) is 4.03. The third-order valence-electron chi connectivity index (χ3n) is 2.58. The molecule has 1 aromatic heterocycles. The van der Waals surface area contributed by atoms with Gasteiger partial charge in [0.1, 0.15) is 12.2 Å². The van der Waals surface area contributed by atoms with E-state index < -0.39 is 0 Å². The largest absolute Gasteiger partial charge is 0.399 e. The first-order valence-corrected chi connectivity index (χ1v) is 6.63. The zero-order chi connectivity index (χ0) is 13.7. The van der Waals surface area contributed by atoms with Crippen LogP contribution in [0.5, 0.6) is 0 Å². The molecular weight excluding hydrogens is 310 g/mol. The van der Waals surface area contributed by atoms with Gasteiger partial charge in [-0.2, -0.15) is 5.10 Å². The van der Waals surface area contributed by atoms with Gasteiger partial charge in [-0.15, -0.1) is 0 Å². The van der Waals surface area contributed by atoms with Crippen LogP contribution in [0.25, 0.3) is 0 Å². The molecule has 0 saturated heterocycles. The van der Waals surface area contributed by atoms with E-state index in [0.717, 1.165) is 23.1 Å². The Hall–Kier alpha value is -1.89. The maximum atomic E-state index is 11.9. The number of rotatable bonds is 5. The smallest absolute Gasteiger partial charge is 0.252 e. The number of carbonyl (C=O) groups excluding carboxylic acids is 1. The first-order chi connectivity index (χ1) is 9.16. The molecule has 0 spiro atoms. The fraction of sp³-hybridized carbons (Fsp3) is 0.250. The van der Waals surface area contributed by atoms with Crippen LogP contribution in [0.2, 0.25) is 0 Å². The molecular formula is C12H14BrN5O. The molecule has 7 heteroatoms. The summed E-state index contributed by atoms with van der Waals surface area (Å²) in [4.78, 5) is 16.0. The minimum atomic E-state index is -0.142. The number of benzene rings is 1. The third-order valence-corrected chi connectivity index (χ3v) is 3.27. The molecule has 2 aromatic rings. The molecule has 100 valence electrons. The third kappa shape index (κ3) is 3.78. The van der Waals surface area contributed by atoms with Crippen LogP contribution in [0.1, 0.15) is 22.6 Å². The second-order valence-corrected chi connectivity index (χ2v) is 4.89. The Morgan fingerprint density at radius 2 is 2.32 bits per heavy atom. The van der Waals surface area contributed by atoms with Gasteiger partial charge in [-0.05, 0) is 40.5 Å². The molecule has 0 aliphatic heterocycles. The number of carbonyl (C=O) groups is 1. The number of aromatic nitrogens is 3. The van der Waals surface area contributed by atoms with Crippen molar-refractivity contribution in [2.24, 2.45) is 0 Å². The van der Waals surface area contributed by atoms with Gasteiger partial charge in [0.2, 0.25) is 0 Å². The summed E-state index contributed by atoms with van der Waals surface area (Å²) < 4.78 is 0.731. The summed E-state index contributed by atoms with van der Waals surface area (Å²) in [5.41, 5.74) is 6.77. The Morgan fingerprint density at radius 3 is 3.05 bits per heavy atom. The number of aryl methyl sites for hydroxylation is 1. The molecule has 0 aliphatic rings. The SMILES string of the molecule is Nc1ccc(Br)c(C(=O)NCCCc2ncn[nH]2)c1. The summed E-state index contributed by atoms with van der Waals surface area (Å²) in [5, 5.41) is 9.38. The number of nitrogens with zero attached hydrogens (tertiary/aromatic N) is 2. The number of halogens is 1. The minimum absolute atomic E-state index is 0.142. The maximum absolute atomic E-state index is 11.9. The number of anilines is 1. The van der Waals surface area contributed by atoms with Crippen molar-refractivity contribution in [1.82, 2.24) is 20.5 Å². The number of nitrogen functional groups attached to an aromatic ring is 1. The molecule has 0 saturated carbocycles. The molecule has 0 atom stereocenters. The quantitative estimate of drug-likeness (QED) is 0.574. The highest BCUT2D eigenvalue weighted by atomic mass is 79.9. The van der Waals surface area contributed by atoms with Crippen LogP contribution < -0.4 is 11.1 Å². The van der Waals surface area contributed by atoms with Gasteiger partial charge in [-0.25, -0.2) is 4.98 Å². The summed E-state index contributed by atoms with van der Waals surface area (Å²) in [6, 6.07) is 5.15. The van der Waals surface area contributed by atoms with E-state index in [2.05, 4.69) is 36.4 Å². The molecule has 1 aromatic carbocycles. The highest BCUT2D eigenvalue weighted by Gasteiger charge is 2.09. The Kier molecular flexibility index (Phi) is 4.51. The van der Waals surface area contributed by atoms with Crippen molar-refractivity contribution < 1.29 is 4.79 Å². The van der Waals surface area contributed by atoms with E-state index in [1.54, 1.807) is 18.2 Å². The highest BCUT2D eigenvalue weighted by Crippen LogP contribution is 2.19. The van der Waals surface area contributed by atoms with E-state index in [1.807, 2.05) is 0 Å². The van der Waals surface area contributed by atoms with Crippen molar-refractivity contribution >= 4 is 27.5 Å². The molecule has 4 N–H and O–H groups in total. The summed E-state index contributed by atoms with van der Waals surface area (Å²) in [7, 11) is 0. The first-order valence-electron chi connectivity index (χ1n) is 5.84. The van der Waals surface area contributed by atoms with Gasteiger partial charge in [0, 0.05) is 23.1 Å². The topological polar surface area (TPSA) is 96.7 Å². The van der Waals surface area contributed by atoms with Crippen molar-refractivity contribution in [3.8, 4) is 0 Å². The zero-order valence-corrected chi connectivity index (χ0v) is 11.8. The van der Waals surface area contributed by atoms with Crippen LogP contribution >= 0.6 is 15.9 Å². The number of hydrogen-bond donors (Lipinski definition) is 3. The monoisotopic (exact) mass is 323 g/mol. The number of aromatic amines is 1. The number of nitrogens with one attached hydrogen (secondary N) is 2. The van der Waals surface area contributed by atoms with Crippen molar-refractivity contribution in [2.45, 2.75) is 12.8 Å². The Balaban J connectivity index is 1.82. The van der Waals surface area contributed by atoms with E-state index in [4.69, 9.17) is 5.73 Å². The average Bonchev–Trinajstić information content (AvgIpc) is 2.90. The first kappa shape index (κ1) is 13.5. The summed E-state index contributed by atoms with van der Waals surface area (Å²) in [6.07, 6.45) is 3.01. The van der Waals surface area contributed by atoms with Crippen LogP contribution in [0, 0.1) is 0 Å². The standard InChI is InChI=1S/C12H14BrN5O/c13-10-4-3-8(14)6-9(10)12(19)15-5-1-2-11-16-7-17-18-11/h3-4,6-7H,1-2,5,14H2,(H,15,19)(H,16,17,18). The second kappa shape index (κ2) is 6.33. The van der Waals surface area contributed by atoms with Crippen LogP contribution in [-0.2, 0) is 6.42 Å². The van der Waals surface area contributed by atoms with Gasteiger partial charge < -0.3 is 11.1 Å². The van der Waals surface area contributed by atoms with Gasteiger partial charge in [0.05, 0.1) is 5.56 Å². The molecule has 2 rings (SSSR count). The van der Waals surface area contributed by atoms with E-state index in [9.17, 15) is 4.79 Å². The minimum Gasteiger partial charge on any atom is -0.399 e. The molecule has 1 heterocycles. The summed E-state index contributed by atoms with van der Waals surface area (Å²) in [6.45, 7) is 0.570. The van der Waals surface area contributed by atoms with Crippen molar-refractivity contribution in [3.05, 3.63) is 40.4 Å². The van der Waals surface area contributed by atoms with Crippen LogP contribution in [0.3, 0.4) is 0 Å². The number of nitrogens with two attached hydrogens (primary N) is 1. The fourth-order valence-electron chi connectivity index (χ4n) is 1.62. The van der Waals surface area contributed by atoms with Crippen molar-refractivity contribution in [2.75, 3.05) is 12.3 Å². The lowest BCUT2D eigenvalue weighted by molar-refractivity contribution is 0.0952. The van der Waals surface area contributed by atoms with E-state index in [1.165, 1.54) is 6.33 Å². The molecule has 0 unspecified atom stereocenters. The van der Waals surface area contributed by atoms with E-state index >= 15 is 0 Å². The summed E-state index contributed by atoms with van der Waals surface area (Å²) in [5.74, 6) is 0.677. The molecule has 0 fully saturated rings. The van der Waals surface area contributed by atoms with E-state index in [-0.39, 0.29) is 5.91 Å². The maximum Gasteiger partial charge on any atom is 0.252 e. The molecule has 0 bridgehead atoms. The molecule has 0 aliphatic carbocycles.